The Bertz CT molecular complexity index is 111. The van der Waals surface area contributed by atoms with Crippen molar-refractivity contribution in [3.63, 3.8) is 0 Å². The monoisotopic (exact) mass is 173 g/mol. The summed E-state index contributed by atoms with van der Waals surface area (Å²) in [5, 5.41) is 10.2. The Morgan fingerprint density at radius 2 is 2.50 bits per heavy atom. The topological polar surface area (TPSA) is 37.1 Å². The van der Waals surface area contributed by atoms with Crippen LogP contribution in [0.15, 0.2) is 15.4 Å². The zero-order valence-corrected chi connectivity index (χ0v) is 4.29. The first-order valence-electron chi connectivity index (χ1n) is 1.33. The summed E-state index contributed by atoms with van der Waals surface area (Å²) in [5.41, 5.74) is 0. The van der Waals surface area contributed by atoms with E-state index < -0.39 is 0 Å². The summed E-state index contributed by atoms with van der Waals surface area (Å²) < 4.78 is 0.720. The molecule has 0 aliphatic carbocycles. The molecule has 4 heteroatoms. The molecule has 34 valence electrons. The quantitative estimate of drug-likeness (QED) is 0.467. The van der Waals surface area contributed by atoms with Crippen molar-refractivity contribution in [2.75, 3.05) is 0 Å². The summed E-state index contributed by atoms with van der Waals surface area (Å²) in [5.74, 6) is 0. The van der Waals surface area contributed by atoms with Gasteiger partial charge in [0.2, 0.25) is 0 Å². The van der Waals surface area contributed by atoms with Crippen LogP contribution < -0.4 is 0 Å². The van der Waals surface area contributed by atoms with E-state index in [4.69, 9.17) is 0 Å². The average molecular weight is 173 g/mol. The second kappa shape index (κ2) is 1.50. The molecule has 1 rings (SSSR count). The van der Waals surface area contributed by atoms with E-state index in [-0.39, 0.29) is 0 Å². The van der Waals surface area contributed by atoms with E-state index >= 15 is 0 Å². The summed E-state index contributed by atoms with van der Waals surface area (Å²) >= 11 is 2.81. The van der Waals surface area contributed by atoms with Gasteiger partial charge in [-0.1, -0.05) is 0 Å². The Kier molecular flexibility index (Phi) is 0.994. The third kappa shape index (κ3) is 0.645. The fourth-order valence-corrected chi connectivity index (χ4v) is 0.321. The maximum atomic E-state index is 3.49. The minimum absolute atomic E-state index is 0.720. The second-order valence-corrected chi connectivity index (χ2v) is 1.52. The Morgan fingerprint density at radius 3 is 2.67 bits per heavy atom. The van der Waals surface area contributed by atoms with E-state index in [2.05, 4.69) is 34.2 Å². The average Bonchev–Trinajstić information content (AvgIpc) is 1.86. The third-order valence-electron chi connectivity index (χ3n) is 0.342. The van der Waals surface area contributed by atoms with Gasteiger partial charge in [0.1, 0.15) is 0 Å². The number of hydrogen-bond donors (Lipinski definition) is 0. The minimum atomic E-state index is 0.720. The fraction of sp³-hybridized carbons (Fsp3) is 0. The summed E-state index contributed by atoms with van der Waals surface area (Å²) in [6.07, 6.45) is 1.54. The predicted molar refractivity (Wildman–Crippen MR) is 18.4 cm³/mol. The van der Waals surface area contributed by atoms with Gasteiger partial charge in [-0.15, -0.1) is 0 Å². The van der Waals surface area contributed by atoms with Crippen molar-refractivity contribution >= 4 is 10.3 Å². The van der Waals surface area contributed by atoms with Gasteiger partial charge < -0.3 is 0 Å². The van der Waals surface area contributed by atoms with Crippen LogP contribution in [-0.2, 0) is 18.7 Å². The Balaban J connectivity index is 2.86. The van der Waals surface area contributed by atoms with E-state index in [1.807, 2.05) is 0 Å². The molecule has 3 nitrogen and oxygen atoms in total. The molecule has 0 aromatic heterocycles. The molecule has 0 bridgehead atoms. The van der Waals surface area contributed by atoms with Crippen LogP contribution in [-0.4, -0.2) is 10.3 Å². The molecule has 0 unspecified atom stereocenters. The van der Waals surface area contributed by atoms with Crippen molar-refractivity contribution in [2.24, 2.45) is 15.4 Å². The molecule has 0 spiro atoms. The first-order valence-corrected chi connectivity index (χ1v) is 2.11. The van der Waals surface area contributed by atoms with Gasteiger partial charge in [0.25, 0.3) is 0 Å². The standard InChI is InChI=1S/C2HN3.Pd/c1-2-4-5-3-1;/h1H;. The molecule has 0 amide bonds. The third-order valence-corrected chi connectivity index (χ3v) is 0.698. The van der Waals surface area contributed by atoms with E-state index in [0.29, 0.717) is 0 Å². The van der Waals surface area contributed by atoms with Crippen LogP contribution in [0.1, 0.15) is 0 Å². The van der Waals surface area contributed by atoms with Gasteiger partial charge in [0.05, 0.1) is 0 Å². The molecule has 0 atom stereocenters. The van der Waals surface area contributed by atoms with Crippen molar-refractivity contribution < 1.29 is 18.7 Å². The van der Waals surface area contributed by atoms with E-state index in [1.54, 1.807) is 6.21 Å². The van der Waals surface area contributed by atoms with Gasteiger partial charge in [0.15, 0.2) is 0 Å². The molecule has 0 N–H and O–H groups in total. The van der Waals surface area contributed by atoms with Crippen molar-refractivity contribution in [1.82, 2.24) is 0 Å². The Morgan fingerprint density at radius 1 is 1.67 bits per heavy atom. The molecule has 0 aromatic carbocycles. The maximum absolute atomic E-state index is 3.49. The van der Waals surface area contributed by atoms with Gasteiger partial charge in [-0.2, -0.15) is 0 Å². The van der Waals surface area contributed by atoms with Gasteiger partial charge in [-0.3, -0.25) is 0 Å². The van der Waals surface area contributed by atoms with Crippen LogP contribution in [0.25, 0.3) is 0 Å². The fourth-order valence-electron chi connectivity index (χ4n) is 0.161. The van der Waals surface area contributed by atoms with Crippen molar-refractivity contribution in [1.29, 1.82) is 0 Å². The predicted octanol–water partition coefficient (Wildman–Crippen LogP) is 0.115. The van der Waals surface area contributed by atoms with Crippen molar-refractivity contribution in [3.8, 4) is 0 Å². The number of hydrogen-bond acceptors (Lipinski definition) is 3. The summed E-state index contributed by atoms with van der Waals surface area (Å²) in [4.78, 5) is 0. The van der Waals surface area contributed by atoms with Crippen LogP contribution in [0.5, 0.6) is 0 Å². The zero-order chi connectivity index (χ0) is 4.41. The van der Waals surface area contributed by atoms with Crippen molar-refractivity contribution in [2.45, 2.75) is 0 Å². The molecule has 0 fully saturated rings. The number of rotatable bonds is 0. The van der Waals surface area contributed by atoms with E-state index in [1.165, 1.54) is 0 Å². The molecule has 0 saturated carbocycles. The molecule has 6 heavy (non-hydrogen) atoms. The van der Waals surface area contributed by atoms with Crippen LogP contribution in [0.3, 0.4) is 0 Å². The second-order valence-electron chi connectivity index (χ2n) is 0.725. The molecular formula is C2HN3Pd. The molecular weight excluding hydrogens is 172 g/mol. The Labute approximate surface area is 45.1 Å². The number of nitrogens with zero attached hydrogens (tertiary/aromatic N) is 3. The van der Waals surface area contributed by atoms with Gasteiger partial charge in [0, 0.05) is 0 Å². The molecule has 0 aromatic rings. The summed E-state index contributed by atoms with van der Waals surface area (Å²) in [6, 6.07) is 0. The van der Waals surface area contributed by atoms with Gasteiger partial charge >= 0.3 is 44.5 Å². The Hall–Kier alpha value is -0.198. The van der Waals surface area contributed by atoms with Crippen LogP contribution in [0, 0.1) is 0 Å². The molecule has 0 radical (unpaired) electrons. The van der Waals surface area contributed by atoms with E-state index in [0.717, 1.165) is 4.11 Å². The first kappa shape index (κ1) is 3.97. The normalized spacial score (nSPS) is 17.3. The molecule has 0 saturated heterocycles. The van der Waals surface area contributed by atoms with Gasteiger partial charge in [-0.05, 0) is 0 Å². The van der Waals surface area contributed by atoms with Crippen LogP contribution in [0.4, 0.5) is 0 Å². The van der Waals surface area contributed by atoms with Crippen molar-refractivity contribution in [3.05, 3.63) is 0 Å². The summed E-state index contributed by atoms with van der Waals surface area (Å²) in [7, 11) is 0. The van der Waals surface area contributed by atoms with Crippen LogP contribution >= 0.6 is 0 Å². The molecule has 1 aliphatic rings. The van der Waals surface area contributed by atoms with E-state index in [9.17, 15) is 0 Å². The first-order chi connectivity index (χ1) is 2.89. The SMILES string of the molecule is [Pd]=[C]1C=NN=N1. The summed E-state index contributed by atoms with van der Waals surface area (Å²) in [6.45, 7) is 0. The van der Waals surface area contributed by atoms with Crippen LogP contribution in [0.2, 0.25) is 0 Å². The van der Waals surface area contributed by atoms with Gasteiger partial charge in [-0.25, -0.2) is 0 Å². The molecule has 1 heterocycles. The molecule has 1 aliphatic heterocycles. The zero-order valence-electron chi connectivity index (χ0n) is 2.74.